The molecule has 1 aromatic rings. The number of nitrogens with zero attached hydrogens (tertiary/aromatic N) is 3. The zero-order valence-corrected chi connectivity index (χ0v) is 53.4. The Balaban J connectivity index is -0.000000259. The van der Waals surface area contributed by atoms with Crippen LogP contribution in [0.4, 0.5) is 5.69 Å². The molecule has 0 saturated heterocycles. The summed E-state index contributed by atoms with van der Waals surface area (Å²) in [6.45, 7) is 47.3. The highest BCUT2D eigenvalue weighted by molar-refractivity contribution is 5.51. The van der Waals surface area contributed by atoms with Crippen molar-refractivity contribution < 1.29 is 0 Å². The maximum absolute atomic E-state index is 6.40. The predicted molar refractivity (Wildman–Crippen MR) is 337 cm³/mol. The number of hydrogen-bond acceptors (Lipinski definition) is 5. The topological polar surface area (TPSA) is 47.8 Å². The highest BCUT2D eigenvalue weighted by atomic mass is 15.5. The van der Waals surface area contributed by atoms with Crippen LogP contribution < -0.4 is 16.2 Å². The molecule has 434 valence electrons. The fourth-order valence-corrected chi connectivity index (χ4v) is 8.00. The van der Waals surface area contributed by atoms with Crippen molar-refractivity contribution in [3.63, 3.8) is 0 Å². The van der Waals surface area contributed by atoms with E-state index in [1.165, 1.54) is 237 Å². The molecule has 0 saturated carbocycles. The highest BCUT2D eigenvalue weighted by Gasteiger charge is 2.10. The normalized spacial score (nSPS) is 10.0. The Labute approximate surface area is 455 Å². The van der Waals surface area contributed by atoms with Crippen LogP contribution in [-0.4, -0.2) is 62.3 Å². The number of nitrogens with one attached hydrogen (secondary N) is 1. The molecule has 0 spiro atoms. The van der Waals surface area contributed by atoms with Crippen LogP contribution in [0, 0.1) is 6.92 Å². The molecule has 0 bridgehead atoms. The van der Waals surface area contributed by atoms with Gasteiger partial charge in [-0.1, -0.05) is 329 Å². The van der Waals surface area contributed by atoms with Gasteiger partial charge in [0.25, 0.3) is 0 Å². The van der Waals surface area contributed by atoms with Crippen molar-refractivity contribution in [2.75, 3.05) is 57.5 Å². The van der Waals surface area contributed by atoms with Gasteiger partial charge in [-0.25, -0.2) is 5.84 Å². The minimum absolute atomic E-state index is 0.772. The molecule has 0 amide bonds. The number of hydrogen-bond donors (Lipinski definition) is 2. The quantitative estimate of drug-likeness (QED) is 0.0295. The molecule has 1 rings (SSSR count). The van der Waals surface area contributed by atoms with E-state index in [4.69, 9.17) is 5.84 Å². The SMILES string of the molecule is CC.CC.CC.CC.CCCCC.CCCCCC.CCCCCCC.CCCCCCCCCCCCCCCCCCN(CCCCCC)CCCNCCCN(CC)CN(N)c1ccccc1C. The minimum Gasteiger partial charge on any atom is -0.317 e. The van der Waals surface area contributed by atoms with Crippen LogP contribution in [0.1, 0.15) is 342 Å². The van der Waals surface area contributed by atoms with Crippen molar-refractivity contribution in [3.05, 3.63) is 29.8 Å². The van der Waals surface area contributed by atoms with E-state index < -0.39 is 0 Å². The molecular weight excluding hydrogens is 863 g/mol. The monoisotopic (exact) mass is 1010 g/mol. The maximum atomic E-state index is 6.40. The summed E-state index contributed by atoms with van der Waals surface area (Å²) in [6, 6.07) is 8.38. The largest absolute Gasteiger partial charge is 0.317 e. The van der Waals surface area contributed by atoms with Gasteiger partial charge in [0.2, 0.25) is 0 Å². The van der Waals surface area contributed by atoms with Gasteiger partial charge in [-0.05, 0) is 83.5 Å². The summed E-state index contributed by atoms with van der Waals surface area (Å²) in [4.78, 5) is 5.20. The first-order chi connectivity index (χ1) is 34.9. The molecule has 0 aromatic heterocycles. The summed E-state index contributed by atoms with van der Waals surface area (Å²) < 4.78 is 0. The fraction of sp³-hybridized carbons (Fsp3) is 0.909. The molecule has 0 radical (unpaired) electrons. The van der Waals surface area contributed by atoms with Crippen LogP contribution in [0.5, 0.6) is 0 Å². The minimum atomic E-state index is 0.772. The Hall–Kier alpha value is -1.14. The van der Waals surface area contributed by atoms with E-state index in [0.717, 1.165) is 45.0 Å². The summed E-state index contributed by atoms with van der Waals surface area (Å²) in [5.41, 5.74) is 2.35. The van der Waals surface area contributed by atoms with E-state index in [1.54, 1.807) is 0 Å². The van der Waals surface area contributed by atoms with Gasteiger partial charge in [0.05, 0.1) is 12.4 Å². The fourth-order valence-electron chi connectivity index (χ4n) is 8.00. The third-order valence-corrected chi connectivity index (χ3v) is 12.4. The van der Waals surface area contributed by atoms with Gasteiger partial charge in [0.1, 0.15) is 0 Å². The second-order valence-electron chi connectivity index (χ2n) is 18.9. The van der Waals surface area contributed by atoms with Crippen LogP contribution in [-0.2, 0) is 0 Å². The first kappa shape index (κ1) is 83.8. The number of rotatable bonds is 43. The molecule has 0 heterocycles. The summed E-state index contributed by atoms with van der Waals surface area (Å²) in [5.74, 6) is 6.40. The molecule has 1 aromatic carbocycles. The lowest BCUT2D eigenvalue weighted by Gasteiger charge is -2.28. The van der Waals surface area contributed by atoms with E-state index >= 15 is 0 Å². The van der Waals surface area contributed by atoms with Gasteiger partial charge in [0, 0.05) is 6.54 Å². The summed E-state index contributed by atoms with van der Waals surface area (Å²) in [6.07, 6.45) is 47.6. The van der Waals surface area contributed by atoms with Gasteiger partial charge < -0.3 is 10.2 Å². The van der Waals surface area contributed by atoms with Crippen molar-refractivity contribution in [2.45, 2.75) is 343 Å². The molecule has 71 heavy (non-hydrogen) atoms. The van der Waals surface area contributed by atoms with E-state index in [1.807, 2.05) is 60.4 Å². The van der Waals surface area contributed by atoms with Crippen LogP contribution in [0.2, 0.25) is 0 Å². The smallest absolute Gasteiger partial charge is 0.0861 e. The van der Waals surface area contributed by atoms with Crippen LogP contribution >= 0.6 is 0 Å². The van der Waals surface area contributed by atoms with E-state index in [0.29, 0.717) is 0 Å². The van der Waals surface area contributed by atoms with Gasteiger partial charge in [-0.15, -0.1) is 0 Å². The Morgan fingerprint density at radius 2 is 0.606 bits per heavy atom. The van der Waals surface area contributed by atoms with Crippen molar-refractivity contribution in [2.24, 2.45) is 5.84 Å². The second kappa shape index (κ2) is 85.6. The summed E-state index contributed by atoms with van der Waals surface area (Å²) >= 11 is 0. The van der Waals surface area contributed by atoms with Crippen LogP contribution in [0.3, 0.4) is 0 Å². The Morgan fingerprint density at radius 3 is 0.930 bits per heavy atom. The van der Waals surface area contributed by atoms with Crippen molar-refractivity contribution in [1.29, 1.82) is 0 Å². The van der Waals surface area contributed by atoms with Gasteiger partial charge >= 0.3 is 0 Å². The third kappa shape index (κ3) is 77.9. The molecule has 5 heteroatoms. The lowest BCUT2D eigenvalue weighted by Crippen LogP contribution is -2.43. The molecule has 0 fully saturated rings. The Bertz CT molecular complexity index is 915. The molecule has 0 aliphatic carbocycles. The Kier molecular flexibility index (Phi) is 101. The average Bonchev–Trinajstić information content (AvgIpc) is 3.41. The summed E-state index contributed by atoms with van der Waals surface area (Å²) in [5, 5.41) is 5.61. The number of anilines is 1. The molecule has 0 unspecified atom stereocenters. The van der Waals surface area contributed by atoms with E-state index in [-0.39, 0.29) is 0 Å². The van der Waals surface area contributed by atoms with E-state index in [2.05, 4.69) is 109 Å². The first-order valence-corrected chi connectivity index (χ1v) is 32.6. The molecular formula is C66H145N5. The average molecular weight is 1010 g/mol. The van der Waals surface area contributed by atoms with Crippen molar-refractivity contribution in [1.82, 2.24) is 15.1 Å². The molecule has 5 nitrogen and oxygen atoms in total. The maximum Gasteiger partial charge on any atom is 0.0861 e. The van der Waals surface area contributed by atoms with Crippen LogP contribution in [0.15, 0.2) is 24.3 Å². The number of para-hydroxylation sites is 1. The predicted octanol–water partition coefficient (Wildman–Crippen LogP) is 22.3. The number of aryl methyl sites for hydroxylation is 1. The lowest BCUT2D eigenvalue weighted by atomic mass is 10.0. The molecule has 3 N–H and O–H groups in total. The second-order valence-corrected chi connectivity index (χ2v) is 18.9. The van der Waals surface area contributed by atoms with Crippen LogP contribution in [0.25, 0.3) is 0 Å². The summed E-state index contributed by atoms with van der Waals surface area (Å²) in [7, 11) is 0. The van der Waals surface area contributed by atoms with Gasteiger partial charge in [-0.3, -0.25) is 9.91 Å². The highest BCUT2D eigenvalue weighted by Crippen LogP contribution is 2.17. The number of nitrogens with two attached hydrogens (primary N) is 1. The molecule has 0 aliphatic heterocycles. The first-order valence-electron chi connectivity index (χ1n) is 32.6. The Morgan fingerprint density at radius 1 is 0.338 bits per heavy atom. The van der Waals surface area contributed by atoms with Gasteiger partial charge in [-0.2, -0.15) is 0 Å². The standard InChI is InChI=1S/C40H79N5.C7H16.C6H14.C5H12.4C2H6/c1-5-8-10-12-13-14-15-16-17-18-19-20-21-22-23-27-35-44(34-26-11-9-6-2)37-29-33-42-32-28-36-43(7-3)38-45(41)40-31-25-24-30-39(40)4;1-3-5-7-6-4-2;1-3-5-6-4-2;1-3-5-4-2;4*1-2/h24-25,30-31,42H,5-23,26-29,32-38,41H2,1-4H3;3-7H2,1-2H3;3-6H2,1-2H3;3-5H2,1-2H3;4*1-2H3. The molecule has 0 atom stereocenters. The zero-order chi connectivity index (χ0) is 55.1. The number of hydrazine groups is 1. The molecule has 0 aliphatic rings. The van der Waals surface area contributed by atoms with Gasteiger partial charge in [0.15, 0.2) is 0 Å². The lowest BCUT2D eigenvalue weighted by molar-refractivity contribution is 0.255. The third-order valence-electron chi connectivity index (χ3n) is 12.4. The number of unbranched alkanes of at least 4 members (excludes halogenated alkanes) is 27. The van der Waals surface area contributed by atoms with Crippen molar-refractivity contribution >= 4 is 5.69 Å². The van der Waals surface area contributed by atoms with Crippen molar-refractivity contribution in [3.8, 4) is 0 Å². The number of benzene rings is 1. The van der Waals surface area contributed by atoms with E-state index in [9.17, 15) is 0 Å². The zero-order valence-electron chi connectivity index (χ0n) is 53.4.